The van der Waals surface area contributed by atoms with Gasteiger partial charge in [-0.1, -0.05) is 0 Å². The third-order valence-electron chi connectivity index (χ3n) is 4.81. The van der Waals surface area contributed by atoms with E-state index in [0.29, 0.717) is 132 Å². The Labute approximate surface area is 262 Å². The van der Waals surface area contributed by atoms with Crippen LogP contribution in [0.25, 0.3) is 0 Å². The summed E-state index contributed by atoms with van der Waals surface area (Å²) in [6.45, 7) is 14.2. The molecular weight excluding hydrogens is 588 g/mol. The number of hydrogen-bond acceptors (Lipinski definition) is 15. The van der Waals surface area contributed by atoms with Crippen LogP contribution in [0.1, 0.15) is 20.8 Å². The van der Waals surface area contributed by atoms with E-state index in [-0.39, 0.29) is 13.2 Å². The second-order valence-corrected chi connectivity index (χ2v) is 9.78. The molecule has 0 N–H and O–H groups in total. The van der Waals surface area contributed by atoms with Crippen molar-refractivity contribution in [3.05, 3.63) is 0 Å². The maximum absolute atomic E-state index is 11.5. The van der Waals surface area contributed by atoms with E-state index in [1.54, 1.807) is 0 Å². The zero-order chi connectivity index (χ0) is 32.4. The Hall–Kier alpha value is -1.50. The zero-order valence-electron chi connectivity index (χ0n) is 27.2. The van der Waals surface area contributed by atoms with Gasteiger partial charge >= 0.3 is 11.9 Å². The number of methoxy groups -OCH3 is 1. The van der Waals surface area contributed by atoms with Crippen molar-refractivity contribution < 1.29 is 71.2 Å². The van der Waals surface area contributed by atoms with Crippen LogP contribution >= 0.6 is 0 Å². The third kappa shape index (κ3) is 36.7. The van der Waals surface area contributed by atoms with Gasteiger partial charge in [0, 0.05) is 0 Å². The predicted molar refractivity (Wildman–Crippen MR) is 157 cm³/mol. The fourth-order valence-corrected chi connectivity index (χ4v) is 2.84. The first-order valence-corrected chi connectivity index (χ1v) is 15.0. The number of ether oxygens (including phenoxy) is 13. The molecule has 262 valence electrons. The SMILES string of the molecule is COC(=O)COCCOCCOCCOCCOCCOCCOCCOCCOCCOCCOCC(=O)OC(C)(C)C. The Morgan fingerprint density at radius 2 is 0.568 bits per heavy atom. The number of carbonyl (C=O) groups is 2. The molecule has 0 saturated heterocycles. The molecule has 0 aromatic rings. The lowest BCUT2D eigenvalue weighted by atomic mass is 10.2. The highest BCUT2D eigenvalue weighted by Gasteiger charge is 2.15. The van der Waals surface area contributed by atoms with Gasteiger partial charge in [-0.05, 0) is 20.8 Å². The standard InChI is InChI=1S/C29H56O15/c1-29(2,3)44-28(31)26-43-24-22-41-20-18-39-16-14-37-12-10-35-8-6-33-5-7-34-9-11-36-13-15-38-17-19-40-21-23-42-25-27(30)32-4/h5-26H2,1-4H3. The molecule has 0 atom stereocenters. The lowest BCUT2D eigenvalue weighted by molar-refractivity contribution is -0.160. The minimum Gasteiger partial charge on any atom is -0.467 e. The summed E-state index contributed by atoms with van der Waals surface area (Å²) in [6.07, 6.45) is 0. The van der Waals surface area contributed by atoms with Gasteiger partial charge in [0.25, 0.3) is 0 Å². The summed E-state index contributed by atoms with van der Waals surface area (Å²) in [6, 6.07) is 0. The average Bonchev–Trinajstić information content (AvgIpc) is 2.98. The molecule has 0 saturated carbocycles. The molecule has 0 aromatic heterocycles. The number of carbonyl (C=O) groups excluding carboxylic acids is 2. The molecule has 0 heterocycles. The van der Waals surface area contributed by atoms with Gasteiger partial charge < -0.3 is 61.6 Å². The Morgan fingerprint density at radius 3 is 0.773 bits per heavy atom. The highest BCUT2D eigenvalue weighted by atomic mass is 16.6. The number of esters is 2. The lowest BCUT2D eigenvalue weighted by Gasteiger charge is -2.19. The van der Waals surface area contributed by atoms with Gasteiger partial charge in [-0.25, -0.2) is 9.59 Å². The Morgan fingerprint density at radius 1 is 0.364 bits per heavy atom. The fraction of sp³-hybridized carbons (Fsp3) is 0.931. The summed E-state index contributed by atoms with van der Waals surface area (Å²) < 4.78 is 68.6. The van der Waals surface area contributed by atoms with Crippen molar-refractivity contribution in [3.8, 4) is 0 Å². The van der Waals surface area contributed by atoms with Crippen molar-refractivity contribution in [2.75, 3.05) is 152 Å². The summed E-state index contributed by atoms with van der Waals surface area (Å²) >= 11 is 0. The fourth-order valence-electron chi connectivity index (χ4n) is 2.84. The van der Waals surface area contributed by atoms with Crippen LogP contribution in [0.2, 0.25) is 0 Å². The summed E-state index contributed by atoms with van der Waals surface area (Å²) in [4.78, 5) is 22.3. The van der Waals surface area contributed by atoms with Crippen molar-refractivity contribution in [1.82, 2.24) is 0 Å². The van der Waals surface area contributed by atoms with Crippen molar-refractivity contribution in [2.24, 2.45) is 0 Å². The van der Waals surface area contributed by atoms with E-state index in [4.69, 9.17) is 56.8 Å². The molecule has 0 aliphatic carbocycles. The van der Waals surface area contributed by atoms with E-state index in [1.807, 2.05) is 20.8 Å². The van der Waals surface area contributed by atoms with Crippen LogP contribution in [-0.2, 0) is 71.2 Å². The molecule has 0 aliphatic heterocycles. The van der Waals surface area contributed by atoms with Gasteiger partial charge in [0.2, 0.25) is 0 Å². The monoisotopic (exact) mass is 644 g/mol. The van der Waals surface area contributed by atoms with Crippen LogP contribution in [0.15, 0.2) is 0 Å². The maximum atomic E-state index is 11.5. The largest absolute Gasteiger partial charge is 0.467 e. The molecule has 0 rings (SSSR count). The molecule has 0 bridgehead atoms. The minimum absolute atomic E-state index is 0.0744. The van der Waals surface area contributed by atoms with Crippen molar-refractivity contribution in [3.63, 3.8) is 0 Å². The quantitative estimate of drug-likeness (QED) is 0.0712. The first kappa shape index (κ1) is 42.5. The van der Waals surface area contributed by atoms with E-state index >= 15 is 0 Å². The minimum atomic E-state index is -0.514. The van der Waals surface area contributed by atoms with E-state index in [1.165, 1.54) is 7.11 Å². The van der Waals surface area contributed by atoms with Crippen LogP contribution < -0.4 is 0 Å². The van der Waals surface area contributed by atoms with Crippen LogP contribution in [0.3, 0.4) is 0 Å². The first-order valence-electron chi connectivity index (χ1n) is 15.0. The van der Waals surface area contributed by atoms with Gasteiger partial charge in [0.1, 0.15) is 18.8 Å². The van der Waals surface area contributed by atoms with Crippen LogP contribution in [0, 0.1) is 0 Å². The highest BCUT2D eigenvalue weighted by Crippen LogP contribution is 2.06. The number of rotatable bonds is 34. The second kappa shape index (κ2) is 32.9. The smallest absolute Gasteiger partial charge is 0.332 e. The third-order valence-corrected chi connectivity index (χ3v) is 4.81. The van der Waals surface area contributed by atoms with Gasteiger partial charge in [0.15, 0.2) is 0 Å². The van der Waals surface area contributed by atoms with E-state index in [0.717, 1.165) is 0 Å². The summed E-state index contributed by atoms with van der Waals surface area (Å²) in [5.74, 6) is -0.802. The van der Waals surface area contributed by atoms with Crippen molar-refractivity contribution >= 4 is 11.9 Å². The topological polar surface area (TPSA) is 154 Å². The molecule has 0 unspecified atom stereocenters. The van der Waals surface area contributed by atoms with Crippen LogP contribution in [0.5, 0.6) is 0 Å². The molecule has 0 radical (unpaired) electrons. The molecule has 0 spiro atoms. The van der Waals surface area contributed by atoms with Crippen molar-refractivity contribution in [2.45, 2.75) is 26.4 Å². The molecule has 0 aromatic carbocycles. The Kier molecular flexibility index (Phi) is 31.8. The molecule has 0 amide bonds. The molecule has 0 fully saturated rings. The molecule has 0 aliphatic rings. The molecule has 15 heteroatoms. The van der Waals surface area contributed by atoms with Gasteiger partial charge in [-0.3, -0.25) is 0 Å². The zero-order valence-corrected chi connectivity index (χ0v) is 27.2. The van der Waals surface area contributed by atoms with E-state index < -0.39 is 17.5 Å². The van der Waals surface area contributed by atoms with Crippen molar-refractivity contribution in [1.29, 1.82) is 0 Å². The molecular formula is C29H56O15. The van der Waals surface area contributed by atoms with Crippen LogP contribution in [-0.4, -0.2) is 170 Å². The number of hydrogen-bond donors (Lipinski definition) is 0. The summed E-state index contributed by atoms with van der Waals surface area (Å²) in [5, 5.41) is 0. The average molecular weight is 645 g/mol. The second-order valence-electron chi connectivity index (χ2n) is 9.78. The Balaban J connectivity index is 3.11. The Bertz CT molecular complexity index is 630. The normalized spacial score (nSPS) is 11.6. The van der Waals surface area contributed by atoms with Gasteiger partial charge in [-0.15, -0.1) is 0 Å². The first-order chi connectivity index (χ1) is 21.3. The summed E-state index contributed by atoms with van der Waals surface area (Å²) in [5.41, 5.74) is -0.514. The van der Waals surface area contributed by atoms with E-state index in [2.05, 4.69) is 4.74 Å². The molecule has 44 heavy (non-hydrogen) atoms. The predicted octanol–water partition coefficient (Wildman–Crippen LogP) is 0.684. The molecule has 15 nitrogen and oxygen atoms in total. The van der Waals surface area contributed by atoms with E-state index in [9.17, 15) is 9.59 Å². The van der Waals surface area contributed by atoms with Crippen LogP contribution in [0.4, 0.5) is 0 Å². The lowest BCUT2D eigenvalue weighted by Crippen LogP contribution is -2.27. The van der Waals surface area contributed by atoms with Gasteiger partial charge in [-0.2, -0.15) is 0 Å². The summed E-state index contributed by atoms with van der Waals surface area (Å²) in [7, 11) is 1.31. The highest BCUT2D eigenvalue weighted by molar-refractivity contribution is 5.71. The van der Waals surface area contributed by atoms with Gasteiger partial charge in [0.05, 0.1) is 139 Å². The maximum Gasteiger partial charge on any atom is 0.332 e.